The first kappa shape index (κ1) is 34.4. The summed E-state index contributed by atoms with van der Waals surface area (Å²) in [7, 11) is 0. The van der Waals surface area contributed by atoms with Gasteiger partial charge in [-0.15, -0.1) is 0 Å². The molecule has 47 heavy (non-hydrogen) atoms. The first-order chi connectivity index (χ1) is 22.8. The minimum Gasteiger partial charge on any atom is -0.871 e. The van der Waals surface area contributed by atoms with Crippen LogP contribution in [0, 0.1) is 0 Å². The number of Topliss-reactive ketones (excluding diaryl/α,β-unsaturated/α-hetero) is 1. The lowest BCUT2D eigenvalue weighted by Crippen LogP contribution is -2.41. The van der Waals surface area contributed by atoms with Crippen LogP contribution >= 0.6 is 0 Å². The number of carbonyl (C=O) groups excluding carboxylic acids is 3. The number of nitrogens with zero attached hydrogens (tertiary/aromatic N) is 2. The molecule has 8 heteroatoms. The first-order valence-electron chi connectivity index (χ1n) is 18.1. The number of aryl methyl sites for hydroxylation is 2. The fourth-order valence-electron chi connectivity index (χ4n) is 7.17. The van der Waals surface area contributed by atoms with E-state index in [0.717, 1.165) is 106 Å². The molecule has 0 radical (unpaired) electrons. The smallest absolute Gasteiger partial charge is 0.224 e. The van der Waals surface area contributed by atoms with Gasteiger partial charge in [-0.25, -0.2) is 4.58 Å². The molecule has 0 saturated carbocycles. The molecule has 0 spiro atoms. The third kappa shape index (κ3) is 7.47. The van der Waals surface area contributed by atoms with Gasteiger partial charge in [0.1, 0.15) is 13.1 Å². The minimum absolute atomic E-state index is 0.116. The molecule has 1 aliphatic carbocycles. The summed E-state index contributed by atoms with van der Waals surface area (Å²) in [5.41, 5.74) is 5.06. The van der Waals surface area contributed by atoms with E-state index in [1.165, 1.54) is 0 Å². The predicted octanol–water partition coefficient (Wildman–Crippen LogP) is 4.85. The maximum atomic E-state index is 14.1. The molecule has 8 nitrogen and oxygen atoms in total. The van der Waals surface area contributed by atoms with Gasteiger partial charge in [-0.3, -0.25) is 14.4 Å². The molecule has 0 fully saturated rings. The molecule has 0 bridgehead atoms. The number of unbranched alkanes of at least 4 members (excludes halogenated alkanes) is 3. The van der Waals surface area contributed by atoms with E-state index in [9.17, 15) is 19.5 Å². The summed E-state index contributed by atoms with van der Waals surface area (Å²) in [6, 6.07) is 7.88. The fourth-order valence-corrected chi connectivity index (χ4v) is 7.17. The van der Waals surface area contributed by atoms with E-state index < -0.39 is 0 Å². The average molecular weight is 641 g/mol. The van der Waals surface area contributed by atoms with Crippen molar-refractivity contribution in [1.29, 1.82) is 0 Å². The van der Waals surface area contributed by atoms with Gasteiger partial charge in [0.2, 0.25) is 17.2 Å². The SMILES string of the molecule is CCCCCN1CCCc2cc(C3=C([O-])/C(=c4\cc5c(cc4NC(=O)CCC)=[N+](CCCC)CCC5)C3=O)c(NC(=O)CCC)cc21. The van der Waals surface area contributed by atoms with Crippen LogP contribution in [0.5, 0.6) is 0 Å². The molecule has 3 aliphatic rings. The Bertz CT molecular complexity index is 1690. The Labute approximate surface area is 279 Å². The molecule has 2 N–H and O–H groups in total. The second kappa shape index (κ2) is 15.8. The number of rotatable bonds is 14. The predicted molar refractivity (Wildman–Crippen MR) is 189 cm³/mol. The van der Waals surface area contributed by atoms with Crippen molar-refractivity contribution in [2.75, 3.05) is 41.7 Å². The van der Waals surface area contributed by atoms with Crippen molar-refractivity contribution < 1.29 is 19.5 Å². The van der Waals surface area contributed by atoms with Gasteiger partial charge >= 0.3 is 0 Å². The Kier molecular flexibility index (Phi) is 11.5. The number of carbonyl (C=O) groups is 3. The maximum absolute atomic E-state index is 14.1. The van der Waals surface area contributed by atoms with Crippen molar-refractivity contribution in [2.24, 2.45) is 0 Å². The van der Waals surface area contributed by atoms with Gasteiger partial charge in [-0.05, 0) is 62.3 Å². The lowest BCUT2D eigenvalue weighted by molar-refractivity contribution is -0.292. The molecule has 2 aromatic rings. The van der Waals surface area contributed by atoms with Gasteiger partial charge in [-0.2, -0.15) is 0 Å². The summed E-state index contributed by atoms with van der Waals surface area (Å²) in [5, 5.41) is 21.8. The monoisotopic (exact) mass is 640 g/mol. The van der Waals surface area contributed by atoms with Gasteiger partial charge in [-0.1, -0.05) is 52.7 Å². The van der Waals surface area contributed by atoms with E-state index in [0.29, 0.717) is 47.8 Å². The Morgan fingerprint density at radius 2 is 1.51 bits per heavy atom. The van der Waals surface area contributed by atoms with Crippen LogP contribution in [-0.4, -0.2) is 43.8 Å². The van der Waals surface area contributed by atoms with Crippen LogP contribution in [0.3, 0.4) is 0 Å². The van der Waals surface area contributed by atoms with Gasteiger partial charge < -0.3 is 20.6 Å². The minimum atomic E-state index is -0.332. The molecule has 0 aromatic heterocycles. The highest BCUT2D eigenvalue weighted by molar-refractivity contribution is 6.52. The van der Waals surface area contributed by atoms with E-state index in [1.807, 2.05) is 38.1 Å². The van der Waals surface area contributed by atoms with Crippen LogP contribution in [0.2, 0.25) is 0 Å². The van der Waals surface area contributed by atoms with Crippen LogP contribution in [-0.2, 0) is 27.2 Å². The quantitative estimate of drug-likeness (QED) is 0.227. The summed E-state index contributed by atoms with van der Waals surface area (Å²) in [5.74, 6) is -0.927. The van der Waals surface area contributed by atoms with Crippen molar-refractivity contribution >= 4 is 45.8 Å². The summed E-state index contributed by atoms with van der Waals surface area (Å²) < 4.78 is 2.36. The lowest BCUT2D eigenvalue weighted by atomic mass is 9.80. The molecule has 252 valence electrons. The number of benzene rings is 2. The number of hydrogen-bond donors (Lipinski definition) is 2. The number of nitrogens with one attached hydrogen (secondary N) is 2. The van der Waals surface area contributed by atoms with E-state index in [4.69, 9.17) is 0 Å². The average Bonchev–Trinajstić information content (AvgIpc) is 3.05. The molecule has 5 rings (SSSR count). The standard InChI is InChI=1S/C39H52N4O4/c1-5-9-11-19-43-21-13-17-27-23-29(31(25-33(27)43)41-35(45)15-8-4)37-38(46)36(39(37)47)28-22-26-16-12-20-42(18-10-6-2)32(26)24-30(28)40-34(44)14-7-3/h22-25H,5-21H2,1-4H3,(H2,40,41,44,45,46,47). The Balaban J connectivity index is 1.66. The number of allylic oxidation sites excluding steroid dienone is 2. The highest BCUT2D eigenvalue weighted by atomic mass is 16.3. The van der Waals surface area contributed by atoms with E-state index >= 15 is 0 Å². The van der Waals surface area contributed by atoms with Crippen molar-refractivity contribution in [3.8, 4) is 0 Å². The third-order valence-corrected chi connectivity index (χ3v) is 9.63. The van der Waals surface area contributed by atoms with Crippen LogP contribution in [0.15, 0.2) is 30.0 Å². The van der Waals surface area contributed by atoms with Crippen LogP contribution in [0.25, 0.3) is 11.1 Å². The van der Waals surface area contributed by atoms with Gasteiger partial charge in [0.05, 0.1) is 11.4 Å². The molecule has 2 amide bonds. The zero-order valence-corrected chi connectivity index (χ0v) is 28.9. The Hall–Kier alpha value is -3.94. The second-order valence-corrected chi connectivity index (χ2v) is 13.3. The van der Waals surface area contributed by atoms with Crippen molar-refractivity contribution in [3.63, 3.8) is 0 Å². The van der Waals surface area contributed by atoms with Crippen LogP contribution in [0.4, 0.5) is 17.1 Å². The lowest BCUT2D eigenvalue weighted by Gasteiger charge is -2.35. The van der Waals surface area contributed by atoms with Crippen molar-refractivity contribution in [2.45, 2.75) is 111 Å². The zero-order chi connectivity index (χ0) is 33.5. The normalized spacial score (nSPS) is 16.9. The molecular weight excluding hydrogens is 588 g/mol. The van der Waals surface area contributed by atoms with E-state index in [1.54, 1.807) is 0 Å². The summed E-state index contributed by atoms with van der Waals surface area (Å²) in [6.07, 6.45) is 11.4. The molecular formula is C39H52N4O4. The molecule has 0 saturated heterocycles. The highest BCUT2D eigenvalue weighted by Crippen LogP contribution is 2.42. The number of fused-ring (bicyclic) bond motifs is 2. The number of ketones is 1. The highest BCUT2D eigenvalue weighted by Gasteiger charge is 2.33. The first-order valence-corrected chi connectivity index (χ1v) is 18.1. The van der Waals surface area contributed by atoms with E-state index in [-0.39, 0.29) is 34.5 Å². The molecule has 0 atom stereocenters. The third-order valence-electron chi connectivity index (χ3n) is 9.63. The fraction of sp³-hybridized carbons (Fsp3) is 0.538. The largest absolute Gasteiger partial charge is 0.871 e. The summed E-state index contributed by atoms with van der Waals surface area (Å²) >= 11 is 0. The number of anilines is 3. The molecule has 0 unspecified atom stereocenters. The molecule has 2 aliphatic heterocycles. The maximum Gasteiger partial charge on any atom is 0.224 e. The van der Waals surface area contributed by atoms with Crippen molar-refractivity contribution in [3.05, 3.63) is 57.3 Å². The van der Waals surface area contributed by atoms with Gasteiger partial charge in [0.15, 0.2) is 5.78 Å². The second-order valence-electron chi connectivity index (χ2n) is 13.3. The van der Waals surface area contributed by atoms with Crippen molar-refractivity contribution in [1.82, 2.24) is 4.58 Å². The molecule has 2 heterocycles. The number of hydrogen-bond acceptors (Lipinski definition) is 5. The topological polar surface area (TPSA) is 105 Å². The number of amides is 2. The summed E-state index contributed by atoms with van der Waals surface area (Å²) in [4.78, 5) is 42.3. The Morgan fingerprint density at radius 3 is 2.19 bits per heavy atom. The van der Waals surface area contributed by atoms with Gasteiger partial charge in [0.25, 0.3) is 0 Å². The van der Waals surface area contributed by atoms with Gasteiger partial charge in [0, 0.05) is 78.0 Å². The Morgan fingerprint density at radius 1 is 0.809 bits per heavy atom. The summed E-state index contributed by atoms with van der Waals surface area (Å²) in [6.45, 7) is 12.0. The van der Waals surface area contributed by atoms with Crippen LogP contribution < -0.4 is 35.8 Å². The van der Waals surface area contributed by atoms with E-state index in [2.05, 4.69) is 34.0 Å². The van der Waals surface area contributed by atoms with Crippen LogP contribution in [0.1, 0.15) is 115 Å². The molecule has 2 aromatic carbocycles. The zero-order valence-electron chi connectivity index (χ0n) is 28.9.